The van der Waals surface area contributed by atoms with Crippen molar-refractivity contribution in [1.29, 1.82) is 0 Å². The van der Waals surface area contributed by atoms with Crippen molar-refractivity contribution in [1.82, 2.24) is 14.6 Å². The molecule has 2 aromatic heterocycles. The molecule has 0 saturated heterocycles. The van der Waals surface area contributed by atoms with E-state index in [4.69, 9.17) is 4.74 Å². The van der Waals surface area contributed by atoms with Crippen LogP contribution in [0.25, 0.3) is 22.4 Å². The molecule has 0 spiro atoms. The Balaban J connectivity index is 1.79. The summed E-state index contributed by atoms with van der Waals surface area (Å²) in [7, 11) is 1.62. The molecule has 0 amide bonds. The van der Waals surface area contributed by atoms with Crippen molar-refractivity contribution in [2.45, 2.75) is 0 Å². The molecule has 2 aromatic carbocycles. The van der Waals surface area contributed by atoms with Crippen LogP contribution < -0.4 is 14.8 Å². The van der Waals surface area contributed by atoms with E-state index in [1.165, 1.54) is 15.9 Å². The lowest BCUT2D eigenvalue weighted by atomic mass is 10.2. The van der Waals surface area contributed by atoms with Gasteiger partial charge in [0.05, 0.1) is 11.6 Å². The normalized spacial score (nSPS) is 12.0. The summed E-state index contributed by atoms with van der Waals surface area (Å²) in [6.07, 6.45) is 1.85. The number of fused-ring (bicyclic) bond motifs is 1. The Morgan fingerprint density at radius 3 is 2.60 bits per heavy atom. The molecule has 5 nitrogen and oxygen atoms in total. The van der Waals surface area contributed by atoms with Crippen molar-refractivity contribution >= 4 is 38.3 Å². The molecule has 2 heterocycles. The van der Waals surface area contributed by atoms with E-state index in [1.54, 1.807) is 7.11 Å². The zero-order valence-electron chi connectivity index (χ0n) is 13.1. The Kier molecular flexibility index (Phi) is 4.10. The van der Waals surface area contributed by atoms with Gasteiger partial charge in [-0.05, 0) is 42.0 Å². The molecule has 0 N–H and O–H groups in total. The van der Waals surface area contributed by atoms with Crippen LogP contribution in [-0.4, -0.2) is 21.7 Å². The highest BCUT2D eigenvalue weighted by molar-refractivity contribution is 9.10. The predicted octanol–water partition coefficient (Wildman–Crippen LogP) is 3.14. The van der Waals surface area contributed by atoms with E-state index < -0.39 is 0 Å². The third kappa shape index (κ3) is 2.96. The summed E-state index contributed by atoms with van der Waals surface area (Å²) in [5.74, 6) is 1.29. The molecule has 4 aromatic rings. The number of nitrogens with zero attached hydrogens (tertiary/aromatic N) is 3. The minimum Gasteiger partial charge on any atom is -0.497 e. The van der Waals surface area contributed by atoms with Crippen molar-refractivity contribution in [3.63, 3.8) is 0 Å². The van der Waals surface area contributed by atoms with E-state index in [0.29, 0.717) is 15.3 Å². The Labute approximate surface area is 155 Å². The maximum atomic E-state index is 12.6. The van der Waals surface area contributed by atoms with Gasteiger partial charge in [0.15, 0.2) is 5.82 Å². The highest BCUT2D eigenvalue weighted by atomic mass is 79.9. The van der Waals surface area contributed by atoms with Crippen LogP contribution in [0.5, 0.6) is 5.75 Å². The summed E-state index contributed by atoms with van der Waals surface area (Å²) in [6.45, 7) is 0. The molecule has 0 atom stereocenters. The molecule has 0 radical (unpaired) electrons. The van der Waals surface area contributed by atoms with Crippen molar-refractivity contribution < 1.29 is 4.74 Å². The number of aromatic nitrogens is 3. The monoisotopic (exact) mass is 413 g/mol. The molecule has 25 heavy (non-hydrogen) atoms. The number of hydrogen-bond donors (Lipinski definition) is 0. The van der Waals surface area contributed by atoms with Crippen molar-refractivity contribution in [2.75, 3.05) is 7.11 Å². The van der Waals surface area contributed by atoms with Gasteiger partial charge in [-0.1, -0.05) is 45.5 Å². The zero-order chi connectivity index (χ0) is 17.4. The Hall–Kier alpha value is -2.51. The summed E-state index contributed by atoms with van der Waals surface area (Å²) in [6, 6.07) is 15.2. The van der Waals surface area contributed by atoms with Gasteiger partial charge < -0.3 is 4.74 Å². The van der Waals surface area contributed by atoms with Gasteiger partial charge in [-0.15, -0.1) is 5.10 Å². The quantitative estimate of drug-likeness (QED) is 0.517. The van der Waals surface area contributed by atoms with Gasteiger partial charge in [0.1, 0.15) is 5.75 Å². The molecular formula is C18H12BrN3O2S. The highest BCUT2D eigenvalue weighted by Crippen LogP contribution is 2.20. The number of halogens is 1. The van der Waals surface area contributed by atoms with Crippen LogP contribution in [0.2, 0.25) is 0 Å². The van der Waals surface area contributed by atoms with E-state index >= 15 is 0 Å². The fraction of sp³-hybridized carbons (Fsp3) is 0.0556. The van der Waals surface area contributed by atoms with Gasteiger partial charge in [-0.2, -0.15) is 9.50 Å². The number of methoxy groups -OCH3 is 1. The lowest BCUT2D eigenvalue weighted by molar-refractivity contribution is 0.415. The van der Waals surface area contributed by atoms with Crippen molar-refractivity contribution in [3.8, 4) is 17.1 Å². The second-order valence-corrected chi connectivity index (χ2v) is 7.16. The summed E-state index contributed by atoms with van der Waals surface area (Å²) in [5, 5.41) is 4.35. The average Bonchev–Trinajstić information content (AvgIpc) is 3.17. The highest BCUT2D eigenvalue weighted by Gasteiger charge is 2.12. The van der Waals surface area contributed by atoms with Crippen LogP contribution in [0.4, 0.5) is 0 Å². The molecule has 0 fully saturated rings. The lowest BCUT2D eigenvalue weighted by Crippen LogP contribution is -2.23. The van der Waals surface area contributed by atoms with Crippen LogP contribution in [0.1, 0.15) is 5.56 Å². The van der Waals surface area contributed by atoms with Gasteiger partial charge >= 0.3 is 0 Å². The largest absolute Gasteiger partial charge is 0.497 e. The van der Waals surface area contributed by atoms with Gasteiger partial charge in [0, 0.05) is 10.0 Å². The Bertz CT molecular complexity index is 1170. The van der Waals surface area contributed by atoms with Crippen LogP contribution in [-0.2, 0) is 0 Å². The van der Waals surface area contributed by atoms with Gasteiger partial charge in [-0.25, -0.2) is 0 Å². The molecule has 0 bridgehead atoms. The first-order valence-corrected chi connectivity index (χ1v) is 9.07. The fourth-order valence-electron chi connectivity index (χ4n) is 2.43. The molecule has 0 saturated carbocycles. The molecule has 4 rings (SSSR count). The summed E-state index contributed by atoms with van der Waals surface area (Å²) in [4.78, 5) is 17.7. The molecule has 0 aliphatic carbocycles. The number of benzene rings is 2. The third-order valence-electron chi connectivity index (χ3n) is 3.72. The smallest absolute Gasteiger partial charge is 0.291 e. The molecular weight excluding hydrogens is 402 g/mol. The van der Waals surface area contributed by atoms with E-state index in [9.17, 15) is 4.79 Å². The maximum Gasteiger partial charge on any atom is 0.291 e. The summed E-state index contributed by atoms with van der Waals surface area (Å²) < 4.78 is 8.04. The lowest BCUT2D eigenvalue weighted by Gasteiger charge is -1.99. The van der Waals surface area contributed by atoms with Crippen molar-refractivity contribution in [2.24, 2.45) is 0 Å². The van der Waals surface area contributed by atoms with Crippen molar-refractivity contribution in [3.05, 3.63) is 73.5 Å². The standard InChI is InChI=1S/C18H12BrN3O2S/c1-24-13-8-6-11(7-9-13)16-20-18-22(21-16)17(23)15(25-18)10-12-4-2-3-5-14(12)19/h2-10H,1H3/b15-10-. The van der Waals surface area contributed by atoms with Gasteiger partial charge in [-0.3, -0.25) is 4.79 Å². The molecule has 0 unspecified atom stereocenters. The zero-order valence-corrected chi connectivity index (χ0v) is 15.5. The van der Waals surface area contributed by atoms with E-state index in [-0.39, 0.29) is 5.56 Å². The summed E-state index contributed by atoms with van der Waals surface area (Å²) in [5.41, 5.74) is 1.62. The van der Waals surface area contributed by atoms with E-state index in [1.807, 2.05) is 54.6 Å². The van der Waals surface area contributed by atoms with Gasteiger partial charge in [0.25, 0.3) is 5.56 Å². The minimum absolute atomic E-state index is 0.164. The molecule has 0 aliphatic rings. The topological polar surface area (TPSA) is 56.5 Å². The van der Waals surface area contributed by atoms with E-state index in [2.05, 4.69) is 26.0 Å². The van der Waals surface area contributed by atoms with Crippen LogP contribution in [0, 0.1) is 0 Å². The van der Waals surface area contributed by atoms with Crippen LogP contribution in [0.3, 0.4) is 0 Å². The first-order chi connectivity index (χ1) is 12.2. The fourth-order valence-corrected chi connectivity index (χ4v) is 3.73. The Morgan fingerprint density at radius 2 is 1.92 bits per heavy atom. The molecule has 124 valence electrons. The average molecular weight is 414 g/mol. The van der Waals surface area contributed by atoms with Gasteiger partial charge in [0.2, 0.25) is 4.96 Å². The number of rotatable bonds is 3. The maximum absolute atomic E-state index is 12.6. The Morgan fingerprint density at radius 1 is 1.16 bits per heavy atom. The minimum atomic E-state index is -0.164. The second kappa shape index (κ2) is 6.42. The van der Waals surface area contributed by atoms with Crippen LogP contribution in [0.15, 0.2) is 57.8 Å². The summed E-state index contributed by atoms with van der Waals surface area (Å²) >= 11 is 4.82. The molecule has 7 heteroatoms. The first kappa shape index (κ1) is 16.0. The van der Waals surface area contributed by atoms with E-state index in [0.717, 1.165) is 21.3 Å². The number of hydrogen-bond acceptors (Lipinski definition) is 5. The number of thiazole rings is 1. The second-order valence-electron chi connectivity index (χ2n) is 5.30. The predicted molar refractivity (Wildman–Crippen MR) is 102 cm³/mol. The SMILES string of the molecule is COc1ccc(-c2nc3s/c(=C\c4ccccc4Br)c(=O)n3n2)cc1. The third-order valence-corrected chi connectivity index (χ3v) is 5.40. The molecule has 0 aliphatic heterocycles. The first-order valence-electron chi connectivity index (χ1n) is 7.46. The number of ether oxygens (including phenoxy) is 1. The van der Waals surface area contributed by atoms with Crippen LogP contribution >= 0.6 is 27.3 Å².